The monoisotopic (exact) mass is 269 g/mol. The molecule has 0 heterocycles. The van der Waals surface area contributed by atoms with Crippen molar-refractivity contribution in [3.63, 3.8) is 0 Å². The Morgan fingerprint density at radius 2 is 1.58 bits per heavy atom. The third kappa shape index (κ3) is 8.51. The lowest BCUT2D eigenvalue weighted by Crippen LogP contribution is -2.22. The van der Waals surface area contributed by atoms with Crippen molar-refractivity contribution in [1.29, 1.82) is 0 Å². The number of ether oxygens (including phenoxy) is 1. The molecule has 0 aliphatic rings. The second-order valence-corrected chi connectivity index (χ2v) is 5.76. The molecular weight excluding hydrogens is 242 g/mol. The molecule has 0 rings (SSSR count). The number of aliphatic imine (C=N–C) groups is 1. The summed E-state index contributed by atoms with van der Waals surface area (Å²) in [5.74, 6) is -0.986. The Morgan fingerprint density at radius 1 is 1.00 bits per heavy atom. The summed E-state index contributed by atoms with van der Waals surface area (Å²) in [7, 11) is 0. The topological polar surface area (TPSA) is 55.7 Å². The van der Waals surface area contributed by atoms with Crippen molar-refractivity contribution in [3.8, 4) is 0 Å². The number of rotatable bonds is 7. The lowest BCUT2D eigenvalue weighted by Gasteiger charge is -2.13. The number of nitrogens with zero attached hydrogens (tertiary/aromatic N) is 1. The maximum Gasteiger partial charge on any atom is 0.316 e. The van der Waals surface area contributed by atoms with Gasteiger partial charge in [0, 0.05) is 12.3 Å². The average Bonchev–Trinajstić information content (AvgIpc) is 2.32. The second kappa shape index (κ2) is 8.83. The summed E-state index contributed by atoms with van der Waals surface area (Å²) in [4.78, 5) is 27.4. The van der Waals surface area contributed by atoms with Gasteiger partial charge in [-0.05, 0) is 25.7 Å². The van der Waals surface area contributed by atoms with E-state index in [1.807, 2.05) is 13.1 Å². The van der Waals surface area contributed by atoms with Gasteiger partial charge in [-0.2, -0.15) is 0 Å². The number of hydrogen-bond donors (Lipinski definition) is 0. The molecule has 0 N–H and O–H groups in total. The Balaban J connectivity index is 4.06. The molecule has 0 aromatic heterocycles. The molecule has 0 aliphatic carbocycles. The van der Waals surface area contributed by atoms with Gasteiger partial charge in [-0.25, -0.2) is 0 Å². The quantitative estimate of drug-likeness (QED) is 0.405. The highest BCUT2D eigenvalue weighted by Gasteiger charge is 2.20. The standard InChI is InChI=1S/C15H27NO3/c1-10(2)9-16-13(6)8-7-12(5)15(18)19-14(17)11(3)4/h9-13H,7-8H2,1-6H3. The smallest absolute Gasteiger partial charge is 0.316 e. The molecule has 0 amide bonds. The van der Waals surface area contributed by atoms with E-state index in [0.717, 1.165) is 6.42 Å². The van der Waals surface area contributed by atoms with Gasteiger partial charge in [-0.1, -0.05) is 34.6 Å². The average molecular weight is 269 g/mol. The molecule has 0 aliphatic heterocycles. The van der Waals surface area contributed by atoms with Crippen LogP contribution in [0.5, 0.6) is 0 Å². The van der Waals surface area contributed by atoms with Crippen molar-refractivity contribution in [3.05, 3.63) is 0 Å². The highest BCUT2D eigenvalue weighted by atomic mass is 16.6. The zero-order valence-electron chi connectivity index (χ0n) is 13.0. The first-order valence-electron chi connectivity index (χ1n) is 7.02. The fourth-order valence-electron chi connectivity index (χ4n) is 1.32. The van der Waals surface area contributed by atoms with E-state index in [1.165, 1.54) is 0 Å². The van der Waals surface area contributed by atoms with Gasteiger partial charge >= 0.3 is 11.9 Å². The minimum absolute atomic E-state index is 0.193. The summed E-state index contributed by atoms with van der Waals surface area (Å²) >= 11 is 0. The van der Waals surface area contributed by atoms with E-state index in [-0.39, 0.29) is 17.9 Å². The molecule has 4 heteroatoms. The zero-order chi connectivity index (χ0) is 15.0. The fraction of sp³-hybridized carbons (Fsp3) is 0.800. The van der Waals surface area contributed by atoms with E-state index in [2.05, 4.69) is 18.8 Å². The molecule has 0 spiro atoms. The van der Waals surface area contributed by atoms with E-state index in [9.17, 15) is 9.59 Å². The lowest BCUT2D eigenvalue weighted by atomic mass is 10.0. The molecule has 0 aromatic carbocycles. The molecule has 110 valence electrons. The second-order valence-electron chi connectivity index (χ2n) is 5.76. The number of esters is 2. The van der Waals surface area contributed by atoms with Crippen LogP contribution in [0.2, 0.25) is 0 Å². The minimum atomic E-state index is -0.456. The Morgan fingerprint density at radius 3 is 2.05 bits per heavy atom. The third-order valence-corrected chi connectivity index (χ3v) is 2.73. The van der Waals surface area contributed by atoms with Crippen LogP contribution >= 0.6 is 0 Å². The summed E-state index contributed by atoms with van der Waals surface area (Å²) < 4.78 is 4.79. The van der Waals surface area contributed by atoms with Crippen LogP contribution in [0.15, 0.2) is 4.99 Å². The largest absolute Gasteiger partial charge is 0.393 e. The van der Waals surface area contributed by atoms with Crippen LogP contribution in [0.1, 0.15) is 54.4 Å². The fourth-order valence-corrected chi connectivity index (χ4v) is 1.32. The van der Waals surface area contributed by atoms with Crippen molar-refractivity contribution in [2.45, 2.75) is 60.4 Å². The summed E-state index contributed by atoms with van der Waals surface area (Å²) in [6.45, 7) is 11.4. The van der Waals surface area contributed by atoms with Crippen LogP contribution in [-0.2, 0) is 14.3 Å². The van der Waals surface area contributed by atoms with Crippen molar-refractivity contribution in [1.82, 2.24) is 0 Å². The molecule has 0 radical (unpaired) electrons. The highest BCUT2D eigenvalue weighted by Crippen LogP contribution is 2.13. The number of carbonyl (C=O) groups is 2. The molecule has 0 aromatic rings. The van der Waals surface area contributed by atoms with E-state index >= 15 is 0 Å². The Labute approximate surface area is 116 Å². The maximum absolute atomic E-state index is 11.7. The van der Waals surface area contributed by atoms with Crippen LogP contribution in [0, 0.1) is 17.8 Å². The Kier molecular flexibility index (Phi) is 8.28. The first-order valence-corrected chi connectivity index (χ1v) is 7.02. The third-order valence-electron chi connectivity index (χ3n) is 2.73. The number of carbonyl (C=O) groups excluding carboxylic acids is 2. The predicted molar refractivity (Wildman–Crippen MR) is 77.1 cm³/mol. The molecular formula is C15H27NO3. The first-order chi connectivity index (χ1) is 8.73. The van der Waals surface area contributed by atoms with Crippen molar-refractivity contribution >= 4 is 18.2 Å². The van der Waals surface area contributed by atoms with Crippen molar-refractivity contribution in [2.75, 3.05) is 0 Å². The van der Waals surface area contributed by atoms with Gasteiger partial charge in [0.2, 0.25) is 0 Å². The van der Waals surface area contributed by atoms with Gasteiger partial charge in [-0.15, -0.1) is 0 Å². The summed E-state index contributed by atoms with van der Waals surface area (Å²) in [5, 5.41) is 0. The highest BCUT2D eigenvalue weighted by molar-refractivity contribution is 5.87. The Hall–Kier alpha value is -1.19. The van der Waals surface area contributed by atoms with Crippen LogP contribution in [0.3, 0.4) is 0 Å². The van der Waals surface area contributed by atoms with E-state index in [1.54, 1.807) is 20.8 Å². The molecule has 0 fully saturated rings. The summed E-state index contributed by atoms with van der Waals surface area (Å²) in [6, 6.07) is 0.193. The van der Waals surface area contributed by atoms with Gasteiger partial charge in [0.05, 0.1) is 11.8 Å². The van der Waals surface area contributed by atoms with Gasteiger partial charge in [0.1, 0.15) is 0 Å². The van der Waals surface area contributed by atoms with Crippen molar-refractivity contribution < 1.29 is 14.3 Å². The summed E-state index contributed by atoms with van der Waals surface area (Å²) in [6.07, 6.45) is 3.42. The van der Waals surface area contributed by atoms with Crippen LogP contribution in [0.4, 0.5) is 0 Å². The molecule has 4 nitrogen and oxygen atoms in total. The number of hydrogen-bond acceptors (Lipinski definition) is 4. The molecule has 0 bridgehead atoms. The van der Waals surface area contributed by atoms with Crippen LogP contribution in [-0.4, -0.2) is 24.2 Å². The molecule has 19 heavy (non-hydrogen) atoms. The minimum Gasteiger partial charge on any atom is -0.393 e. The maximum atomic E-state index is 11.7. The lowest BCUT2D eigenvalue weighted by molar-refractivity contribution is -0.164. The van der Waals surface area contributed by atoms with Gasteiger partial charge in [0.25, 0.3) is 0 Å². The summed E-state index contributed by atoms with van der Waals surface area (Å²) in [5.41, 5.74) is 0. The van der Waals surface area contributed by atoms with Gasteiger partial charge in [-0.3, -0.25) is 14.6 Å². The van der Waals surface area contributed by atoms with Crippen LogP contribution in [0.25, 0.3) is 0 Å². The normalized spacial score (nSPS) is 14.9. The van der Waals surface area contributed by atoms with Crippen molar-refractivity contribution in [2.24, 2.45) is 22.7 Å². The molecule has 0 saturated carbocycles. The van der Waals surface area contributed by atoms with Crippen LogP contribution < -0.4 is 0 Å². The molecule has 0 saturated heterocycles. The van der Waals surface area contributed by atoms with E-state index < -0.39 is 11.9 Å². The first kappa shape index (κ1) is 17.8. The Bertz CT molecular complexity index is 321. The van der Waals surface area contributed by atoms with E-state index in [0.29, 0.717) is 12.3 Å². The van der Waals surface area contributed by atoms with Gasteiger partial charge < -0.3 is 4.74 Å². The van der Waals surface area contributed by atoms with Gasteiger partial charge in [0.15, 0.2) is 0 Å². The zero-order valence-corrected chi connectivity index (χ0v) is 13.0. The molecule has 2 unspecified atom stereocenters. The molecule has 2 atom stereocenters. The SMILES string of the molecule is CC(C)C=NC(C)CCC(C)C(=O)OC(=O)C(C)C. The van der Waals surface area contributed by atoms with E-state index in [4.69, 9.17) is 4.74 Å². The predicted octanol–water partition coefficient (Wildman–Crippen LogP) is 3.24.